The van der Waals surface area contributed by atoms with Crippen LogP contribution >= 0.6 is 0 Å². The van der Waals surface area contributed by atoms with Crippen LogP contribution in [0.15, 0.2) is 23.1 Å². The number of hydrogen-bond donors (Lipinski definition) is 0. The first-order valence-corrected chi connectivity index (χ1v) is 12.7. The quantitative estimate of drug-likeness (QED) is 0.712. The SMILES string of the molecule is CCC1CCCCN1S(=O)(=O)c1ccc2c(c1)C1(OCCCO1)C(=O)N2CC1CC1. The lowest BCUT2D eigenvalue weighted by Gasteiger charge is -2.34. The number of anilines is 1. The topological polar surface area (TPSA) is 76.1 Å². The standard InChI is InChI=1S/C22H30N2O5S/c1-2-17-6-3-4-11-24(17)30(26,27)18-9-10-20-19(14-18)22(28-12-5-13-29-22)21(25)23(20)15-16-7-8-16/h9-10,14,16-17H,2-8,11-13,15H2,1H3. The van der Waals surface area contributed by atoms with E-state index < -0.39 is 15.8 Å². The third-order valence-corrected chi connectivity index (χ3v) is 8.78. The Balaban J connectivity index is 1.56. The van der Waals surface area contributed by atoms with Gasteiger partial charge in [-0.15, -0.1) is 0 Å². The first-order valence-electron chi connectivity index (χ1n) is 11.2. The lowest BCUT2D eigenvalue weighted by Crippen LogP contribution is -2.47. The lowest BCUT2D eigenvalue weighted by molar-refractivity contribution is -0.256. The van der Waals surface area contributed by atoms with E-state index in [9.17, 15) is 13.2 Å². The molecule has 7 nitrogen and oxygen atoms in total. The number of benzene rings is 1. The molecular formula is C22H30N2O5S. The molecule has 3 heterocycles. The Morgan fingerprint density at radius 1 is 1.10 bits per heavy atom. The molecule has 0 N–H and O–H groups in total. The fourth-order valence-corrected chi connectivity index (χ4v) is 6.76. The molecule has 1 aromatic carbocycles. The van der Waals surface area contributed by atoms with Crippen molar-refractivity contribution in [3.05, 3.63) is 23.8 Å². The molecule has 1 aromatic rings. The molecule has 1 aliphatic carbocycles. The van der Waals surface area contributed by atoms with Crippen molar-refractivity contribution in [2.24, 2.45) is 5.92 Å². The molecule has 1 atom stereocenters. The van der Waals surface area contributed by atoms with Crippen LogP contribution < -0.4 is 4.90 Å². The van der Waals surface area contributed by atoms with Gasteiger partial charge in [0, 0.05) is 24.7 Å². The summed E-state index contributed by atoms with van der Waals surface area (Å²) in [6.45, 7) is 4.06. The van der Waals surface area contributed by atoms with Gasteiger partial charge in [-0.25, -0.2) is 8.42 Å². The van der Waals surface area contributed by atoms with Gasteiger partial charge in [-0.2, -0.15) is 4.31 Å². The zero-order valence-electron chi connectivity index (χ0n) is 17.5. The molecule has 30 heavy (non-hydrogen) atoms. The normalized spacial score (nSPS) is 26.9. The minimum atomic E-state index is -3.65. The van der Waals surface area contributed by atoms with Crippen molar-refractivity contribution >= 4 is 21.6 Å². The third kappa shape index (κ3) is 3.20. The number of fused-ring (bicyclic) bond motifs is 2. The number of piperidine rings is 1. The van der Waals surface area contributed by atoms with Gasteiger partial charge in [-0.1, -0.05) is 13.3 Å². The Labute approximate surface area is 178 Å². The highest BCUT2D eigenvalue weighted by atomic mass is 32.2. The molecule has 0 radical (unpaired) electrons. The van der Waals surface area contributed by atoms with E-state index in [0.29, 0.717) is 37.8 Å². The van der Waals surface area contributed by atoms with Crippen molar-refractivity contribution in [2.75, 3.05) is 31.2 Å². The Morgan fingerprint density at radius 2 is 1.87 bits per heavy atom. The molecule has 8 heteroatoms. The van der Waals surface area contributed by atoms with Crippen LogP contribution in [0.4, 0.5) is 5.69 Å². The summed E-state index contributed by atoms with van der Waals surface area (Å²) in [4.78, 5) is 15.3. The smallest absolute Gasteiger partial charge is 0.292 e. The zero-order chi connectivity index (χ0) is 20.9. The van der Waals surface area contributed by atoms with E-state index in [4.69, 9.17) is 9.47 Å². The van der Waals surface area contributed by atoms with Crippen LogP contribution in [0.1, 0.15) is 57.4 Å². The van der Waals surface area contributed by atoms with Gasteiger partial charge in [0.1, 0.15) is 0 Å². The van der Waals surface area contributed by atoms with Gasteiger partial charge < -0.3 is 14.4 Å². The van der Waals surface area contributed by atoms with Gasteiger partial charge in [0.2, 0.25) is 10.0 Å². The van der Waals surface area contributed by atoms with Crippen molar-refractivity contribution in [3.63, 3.8) is 0 Å². The Bertz CT molecular complexity index is 937. The van der Waals surface area contributed by atoms with Gasteiger partial charge in [0.25, 0.3) is 11.7 Å². The molecule has 1 unspecified atom stereocenters. The van der Waals surface area contributed by atoms with Gasteiger partial charge in [0.05, 0.1) is 23.8 Å². The third-order valence-electron chi connectivity index (χ3n) is 6.83. The number of hydrogen-bond acceptors (Lipinski definition) is 5. The van der Waals surface area contributed by atoms with E-state index in [0.717, 1.165) is 50.6 Å². The maximum atomic E-state index is 13.5. The minimum Gasteiger partial charge on any atom is -0.338 e. The van der Waals surface area contributed by atoms with E-state index in [1.54, 1.807) is 27.4 Å². The van der Waals surface area contributed by atoms with Crippen molar-refractivity contribution in [1.82, 2.24) is 4.31 Å². The summed E-state index contributed by atoms with van der Waals surface area (Å²) in [5.74, 6) is -1.22. The van der Waals surface area contributed by atoms with Crippen LogP contribution in [0.25, 0.3) is 0 Å². The summed E-state index contributed by atoms with van der Waals surface area (Å²) in [6, 6.07) is 5.07. The zero-order valence-corrected chi connectivity index (χ0v) is 18.3. The first-order chi connectivity index (χ1) is 14.5. The number of carbonyl (C=O) groups excluding carboxylic acids is 1. The molecule has 1 saturated carbocycles. The number of nitrogens with zero attached hydrogens (tertiary/aromatic N) is 2. The highest BCUT2D eigenvalue weighted by Crippen LogP contribution is 2.48. The molecule has 5 rings (SSSR count). The fraction of sp³-hybridized carbons (Fsp3) is 0.682. The lowest BCUT2D eigenvalue weighted by atomic mass is 10.0. The van der Waals surface area contributed by atoms with Gasteiger partial charge in [-0.05, 0) is 62.6 Å². The number of ether oxygens (including phenoxy) is 2. The molecular weight excluding hydrogens is 404 g/mol. The number of amides is 1. The van der Waals surface area contributed by atoms with Crippen LogP contribution in [0.5, 0.6) is 0 Å². The molecule has 3 aliphatic heterocycles. The number of rotatable bonds is 5. The Kier molecular flexibility index (Phi) is 5.16. The van der Waals surface area contributed by atoms with Crippen molar-refractivity contribution < 1.29 is 22.7 Å². The number of sulfonamides is 1. The molecule has 164 valence electrons. The maximum absolute atomic E-state index is 13.5. The molecule has 0 aromatic heterocycles. The van der Waals surface area contributed by atoms with Crippen LogP contribution in [0.2, 0.25) is 0 Å². The van der Waals surface area contributed by atoms with E-state index in [-0.39, 0.29) is 16.8 Å². The molecule has 2 saturated heterocycles. The van der Waals surface area contributed by atoms with Crippen molar-refractivity contribution in [2.45, 2.75) is 68.6 Å². The highest BCUT2D eigenvalue weighted by molar-refractivity contribution is 7.89. The number of carbonyl (C=O) groups is 1. The van der Waals surface area contributed by atoms with E-state index >= 15 is 0 Å². The largest absolute Gasteiger partial charge is 0.338 e. The summed E-state index contributed by atoms with van der Waals surface area (Å²) in [5.41, 5.74) is 1.26. The molecule has 1 spiro atoms. The van der Waals surface area contributed by atoms with Crippen molar-refractivity contribution in [1.29, 1.82) is 0 Å². The second-order valence-electron chi connectivity index (χ2n) is 8.88. The Morgan fingerprint density at radius 3 is 2.57 bits per heavy atom. The molecule has 4 aliphatic rings. The monoisotopic (exact) mass is 434 g/mol. The summed E-state index contributed by atoms with van der Waals surface area (Å²) in [7, 11) is -3.65. The van der Waals surface area contributed by atoms with Gasteiger partial charge in [0.15, 0.2) is 0 Å². The maximum Gasteiger partial charge on any atom is 0.292 e. The fourth-order valence-electron chi connectivity index (χ4n) is 4.96. The first kappa shape index (κ1) is 20.4. The second kappa shape index (κ2) is 7.58. The summed E-state index contributed by atoms with van der Waals surface area (Å²) >= 11 is 0. The summed E-state index contributed by atoms with van der Waals surface area (Å²) in [5, 5.41) is 0. The molecule has 3 fully saturated rings. The van der Waals surface area contributed by atoms with Crippen LogP contribution in [0, 0.1) is 5.92 Å². The highest BCUT2D eigenvalue weighted by Gasteiger charge is 2.56. The van der Waals surface area contributed by atoms with Gasteiger partial charge >= 0.3 is 0 Å². The minimum absolute atomic E-state index is 0.0288. The molecule has 1 amide bonds. The van der Waals surface area contributed by atoms with Crippen molar-refractivity contribution in [3.8, 4) is 0 Å². The van der Waals surface area contributed by atoms with Gasteiger partial charge in [-0.3, -0.25) is 4.79 Å². The summed E-state index contributed by atoms with van der Waals surface area (Å²) in [6.07, 6.45) is 6.59. The Hall–Kier alpha value is -1.48. The van der Waals surface area contributed by atoms with E-state index in [2.05, 4.69) is 0 Å². The summed E-state index contributed by atoms with van der Waals surface area (Å²) < 4.78 is 40.6. The van der Waals surface area contributed by atoms with Crippen LogP contribution in [-0.4, -0.2) is 51.0 Å². The predicted molar refractivity (Wildman–Crippen MR) is 112 cm³/mol. The second-order valence-corrected chi connectivity index (χ2v) is 10.8. The molecule has 0 bridgehead atoms. The average molecular weight is 435 g/mol. The predicted octanol–water partition coefficient (Wildman–Crippen LogP) is 2.99. The van der Waals surface area contributed by atoms with E-state index in [1.807, 2.05) is 6.92 Å². The average Bonchev–Trinajstić information content (AvgIpc) is 3.58. The van der Waals surface area contributed by atoms with Crippen LogP contribution in [-0.2, 0) is 30.1 Å². The van der Waals surface area contributed by atoms with E-state index in [1.165, 1.54) is 0 Å². The van der Waals surface area contributed by atoms with Crippen LogP contribution in [0.3, 0.4) is 0 Å².